The number of nitrogens with zero attached hydrogens (tertiary/aromatic N) is 2. The number of nitro benzene ring substituents is 1. The van der Waals surface area contributed by atoms with Gasteiger partial charge in [-0.1, -0.05) is 23.7 Å². The molecule has 12 heteroatoms. The summed E-state index contributed by atoms with van der Waals surface area (Å²) in [5.74, 6) is -2.14. The number of nitrogens with one attached hydrogen (secondary N) is 2. The Hall–Kier alpha value is -3.83. The van der Waals surface area contributed by atoms with Gasteiger partial charge in [0.25, 0.3) is 17.5 Å². The molecule has 3 rings (SSSR count). The summed E-state index contributed by atoms with van der Waals surface area (Å²) >= 11 is 7.22. The summed E-state index contributed by atoms with van der Waals surface area (Å²) in [6, 6.07) is 10.6. The van der Waals surface area contributed by atoms with Crippen LogP contribution >= 0.6 is 22.9 Å². The molecule has 0 aliphatic heterocycles. The number of benzene rings is 2. The Morgan fingerprint density at radius 2 is 2.00 bits per heavy atom. The van der Waals surface area contributed by atoms with E-state index in [2.05, 4.69) is 15.6 Å². The summed E-state index contributed by atoms with van der Waals surface area (Å²) in [5, 5.41) is 18.5. The highest BCUT2D eigenvalue weighted by atomic mass is 35.5. The van der Waals surface area contributed by atoms with Crippen LogP contribution in [0.1, 0.15) is 15.4 Å². The topological polar surface area (TPSA) is 141 Å². The molecule has 0 spiro atoms. The smallest absolute Gasteiger partial charge is 0.325 e. The highest BCUT2D eigenvalue weighted by molar-refractivity contribution is 7.09. The van der Waals surface area contributed by atoms with E-state index in [1.807, 2.05) is 18.4 Å². The molecule has 1 aromatic heterocycles. The summed E-state index contributed by atoms with van der Waals surface area (Å²) in [7, 11) is 0. The summed E-state index contributed by atoms with van der Waals surface area (Å²) in [6.45, 7) is 0.818. The van der Waals surface area contributed by atoms with Crippen LogP contribution in [0, 0.1) is 17.0 Å². The number of aryl methyl sites for hydroxylation is 1. The molecule has 2 amide bonds. The first-order chi connectivity index (χ1) is 15.7. The quantitative estimate of drug-likeness (QED) is 0.280. The zero-order chi connectivity index (χ0) is 24.0. The first kappa shape index (κ1) is 23.8. The van der Waals surface area contributed by atoms with Crippen LogP contribution in [0.5, 0.6) is 0 Å². The van der Waals surface area contributed by atoms with E-state index in [1.54, 1.807) is 18.2 Å². The maximum Gasteiger partial charge on any atom is 0.325 e. The second-order valence-corrected chi connectivity index (χ2v) is 8.12. The molecule has 170 valence electrons. The fourth-order valence-corrected chi connectivity index (χ4v) is 3.50. The van der Waals surface area contributed by atoms with Crippen LogP contribution in [-0.2, 0) is 14.3 Å². The van der Waals surface area contributed by atoms with E-state index < -0.39 is 41.5 Å². The molecule has 0 atom stereocenters. The molecule has 0 saturated heterocycles. The van der Waals surface area contributed by atoms with Crippen molar-refractivity contribution in [2.75, 3.05) is 18.5 Å². The molecule has 2 aromatic carbocycles. The number of aromatic nitrogens is 1. The number of ether oxygens (including phenoxy) is 1. The van der Waals surface area contributed by atoms with Crippen LogP contribution in [-0.4, -0.2) is 40.8 Å². The van der Waals surface area contributed by atoms with Crippen molar-refractivity contribution in [3.05, 3.63) is 73.6 Å². The number of halogens is 1. The van der Waals surface area contributed by atoms with Gasteiger partial charge < -0.3 is 15.4 Å². The number of thiazole rings is 1. The molecule has 3 aromatic rings. The van der Waals surface area contributed by atoms with Gasteiger partial charge in [-0.05, 0) is 31.2 Å². The Morgan fingerprint density at radius 1 is 1.21 bits per heavy atom. The first-order valence-corrected chi connectivity index (χ1v) is 10.7. The van der Waals surface area contributed by atoms with E-state index in [1.165, 1.54) is 23.5 Å². The van der Waals surface area contributed by atoms with Gasteiger partial charge in [0.15, 0.2) is 6.61 Å². The monoisotopic (exact) mass is 488 g/mol. The van der Waals surface area contributed by atoms with Crippen LogP contribution in [0.25, 0.3) is 11.3 Å². The molecular weight excluding hydrogens is 472 g/mol. The third kappa shape index (κ3) is 6.57. The van der Waals surface area contributed by atoms with Crippen molar-refractivity contribution < 1.29 is 24.0 Å². The number of nitro groups is 1. The normalized spacial score (nSPS) is 10.4. The number of anilines is 1. The summed E-state index contributed by atoms with van der Waals surface area (Å²) in [5.41, 5.74) is 1.65. The van der Waals surface area contributed by atoms with E-state index in [0.29, 0.717) is 5.69 Å². The molecule has 0 aliphatic carbocycles. The lowest BCUT2D eigenvalue weighted by Crippen LogP contribution is -2.32. The molecule has 2 N–H and O–H groups in total. The number of rotatable bonds is 8. The third-order valence-corrected chi connectivity index (χ3v) is 5.32. The Labute approximate surface area is 196 Å². The molecule has 0 unspecified atom stereocenters. The Balaban J connectivity index is 1.47. The Bertz CT molecular complexity index is 1230. The van der Waals surface area contributed by atoms with Crippen LogP contribution in [0.15, 0.2) is 47.8 Å². The van der Waals surface area contributed by atoms with Crippen molar-refractivity contribution in [3.8, 4) is 11.3 Å². The van der Waals surface area contributed by atoms with Gasteiger partial charge in [-0.15, -0.1) is 11.3 Å². The largest absolute Gasteiger partial charge is 0.454 e. The summed E-state index contributed by atoms with van der Waals surface area (Å²) < 4.78 is 4.86. The van der Waals surface area contributed by atoms with Gasteiger partial charge in [-0.3, -0.25) is 24.5 Å². The molecule has 0 aliphatic rings. The lowest BCUT2D eigenvalue weighted by molar-refractivity contribution is -0.384. The summed E-state index contributed by atoms with van der Waals surface area (Å²) in [4.78, 5) is 50.6. The SMILES string of the molecule is Cc1nc(-c2cccc(NC(=O)COC(=O)CNC(=O)c3ccc(Cl)c([N+](=O)[O-])c3)c2)cs1. The van der Waals surface area contributed by atoms with Crippen molar-refractivity contribution >= 4 is 52.1 Å². The highest BCUT2D eigenvalue weighted by Crippen LogP contribution is 2.25. The fourth-order valence-electron chi connectivity index (χ4n) is 2.69. The van der Waals surface area contributed by atoms with Gasteiger partial charge in [-0.2, -0.15) is 0 Å². The maximum atomic E-state index is 12.1. The highest BCUT2D eigenvalue weighted by Gasteiger charge is 2.17. The van der Waals surface area contributed by atoms with E-state index >= 15 is 0 Å². The van der Waals surface area contributed by atoms with Crippen molar-refractivity contribution in [1.82, 2.24) is 10.3 Å². The molecule has 33 heavy (non-hydrogen) atoms. The minimum atomic E-state index is -0.853. The predicted molar refractivity (Wildman–Crippen MR) is 122 cm³/mol. The number of carbonyl (C=O) groups is 3. The Morgan fingerprint density at radius 3 is 2.70 bits per heavy atom. The standard InChI is InChI=1S/C21H17ClN4O6S/c1-12-24-17(11-33-12)13-3-2-4-15(7-13)25-19(27)10-32-20(28)9-23-21(29)14-5-6-16(22)18(8-14)26(30)31/h2-8,11H,9-10H2,1H3,(H,23,29)(H,25,27). The average Bonchev–Trinajstić information content (AvgIpc) is 3.22. The van der Waals surface area contributed by atoms with Crippen LogP contribution in [0.2, 0.25) is 5.02 Å². The number of hydrogen-bond donors (Lipinski definition) is 2. The van der Waals surface area contributed by atoms with Gasteiger partial charge in [0.1, 0.15) is 11.6 Å². The van der Waals surface area contributed by atoms with Gasteiger partial charge in [-0.25, -0.2) is 4.98 Å². The third-order valence-electron chi connectivity index (χ3n) is 4.22. The van der Waals surface area contributed by atoms with E-state index in [0.717, 1.165) is 22.3 Å². The molecule has 0 radical (unpaired) electrons. The average molecular weight is 489 g/mol. The number of carbonyl (C=O) groups excluding carboxylic acids is 3. The molecule has 1 heterocycles. The zero-order valence-electron chi connectivity index (χ0n) is 17.2. The molecular formula is C21H17ClN4O6S. The van der Waals surface area contributed by atoms with Crippen LogP contribution in [0.3, 0.4) is 0 Å². The lowest BCUT2D eigenvalue weighted by atomic mass is 10.1. The van der Waals surface area contributed by atoms with Gasteiger partial charge in [0, 0.05) is 28.3 Å². The zero-order valence-corrected chi connectivity index (χ0v) is 18.7. The minimum Gasteiger partial charge on any atom is -0.454 e. The second kappa shape index (κ2) is 10.7. The van der Waals surface area contributed by atoms with Crippen molar-refractivity contribution in [1.29, 1.82) is 0 Å². The van der Waals surface area contributed by atoms with Crippen molar-refractivity contribution in [3.63, 3.8) is 0 Å². The predicted octanol–water partition coefficient (Wildman–Crippen LogP) is 3.59. The van der Waals surface area contributed by atoms with Crippen molar-refractivity contribution in [2.24, 2.45) is 0 Å². The molecule has 10 nitrogen and oxygen atoms in total. The van der Waals surface area contributed by atoms with Gasteiger partial charge >= 0.3 is 5.97 Å². The lowest BCUT2D eigenvalue weighted by Gasteiger charge is -2.08. The second-order valence-electron chi connectivity index (χ2n) is 6.65. The number of amides is 2. The number of esters is 1. The number of hydrogen-bond acceptors (Lipinski definition) is 8. The van der Waals surface area contributed by atoms with Gasteiger partial charge in [0.2, 0.25) is 0 Å². The van der Waals surface area contributed by atoms with Crippen molar-refractivity contribution in [2.45, 2.75) is 6.92 Å². The van der Waals surface area contributed by atoms with Crippen LogP contribution < -0.4 is 10.6 Å². The van der Waals surface area contributed by atoms with Crippen LogP contribution in [0.4, 0.5) is 11.4 Å². The molecule has 0 fully saturated rings. The van der Waals surface area contributed by atoms with Gasteiger partial charge in [0.05, 0.1) is 15.6 Å². The summed E-state index contributed by atoms with van der Waals surface area (Å²) in [6.07, 6.45) is 0. The molecule has 0 bridgehead atoms. The fraction of sp³-hybridized carbons (Fsp3) is 0.143. The minimum absolute atomic E-state index is 0.0492. The molecule has 0 saturated carbocycles. The van der Waals surface area contributed by atoms with E-state index in [-0.39, 0.29) is 10.6 Å². The maximum absolute atomic E-state index is 12.1. The first-order valence-electron chi connectivity index (χ1n) is 9.43. The van der Waals surface area contributed by atoms with E-state index in [9.17, 15) is 24.5 Å². The van der Waals surface area contributed by atoms with E-state index in [4.69, 9.17) is 16.3 Å². The Kier molecular flexibility index (Phi) is 7.70.